The first kappa shape index (κ1) is 32.6. The van der Waals surface area contributed by atoms with Crippen molar-refractivity contribution in [3.63, 3.8) is 0 Å². The monoisotopic (exact) mass is 617 g/mol. The molecule has 3 aromatic carbocycles. The predicted octanol–water partition coefficient (Wildman–Crippen LogP) is 5.95. The van der Waals surface area contributed by atoms with Crippen molar-refractivity contribution in [2.75, 3.05) is 13.6 Å². The molecule has 7 nitrogen and oxygen atoms in total. The fraction of sp³-hybridized carbons (Fsp3) is 0.355. The fourth-order valence-electron chi connectivity index (χ4n) is 4.33. The maximum atomic E-state index is 13.8. The average Bonchev–Trinajstić information content (AvgIpc) is 2.92. The lowest BCUT2D eigenvalue weighted by Crippen LogP contribution is -2.54. The minimum absolute atomic E-state index is 0.0457. The van der Waals surface area contributed by atoms with Gasteiger partial charge in [-0.25, -0.2) is 12.7 Å². The Labute approximate surface area is 253 Å². The number of nitrogens with zero attached hydrogens (tertiary/aromatic N) is 2. The number of hydrogen-bond donors (Lipinski definition) is 1. The van der Waals surface area contributed by atoms with Crippen LogP contribution in [0.4, 0.5) is 0 Å². The third-order valence-corrected chi connectivity index (χ3v) is 9.03. The summed E-state index contributed by atoms with van der Waals surface area (Å²) in [5.74, 6) is -0.551. The summed E-state index contributed by atoms with van der Waals surface area (Å²) in [6, 6.07) is 22.0. The van der Waals surface area contributed by atoms with Gasteiger partial charge in [0, 0.05) is 38.5 Å². The molecular weight excluding hydrogens is 581 g/mol. The van der Waals surface area contributed by atoms with Crippen LogP contribution in [0, 0.1) is 0 Å². The van der Waals surface area contributed by atoms with Gasteiger partial charge in [0.05, 0.1) is 14.9 Å². The van der Waals surface area contributed by atoms with Crippen LogP contribution < -0.4 is 5.32 Å². The third kappa shape index (κ3) is 9.57. The van der Waals surface area contributed by atoms with Crippen LogP contribution in [0.5, 0.6) is 0 Å². The van der Waals surface area contributed by atoms with Gasteiger partial charge in [0.2, 0.25) is 21.8 Å². The lowest BCUT2D eigenvalue weighted by Gasteiger charge is -2.34. The van der Waals surface area contributed by atoms with Gasteiger partial charge in [-0.2, -0.15) is 0 Å². The Hall–Kier alpha value is -2.91. The Morgan fingerprint density at radius 3 is 2.07 bits per heavy atom. The number of amides is 2. The van der Waals surface area contributed by atoms with Crippen molar-refractivity contribution in [1.29, 1.82) is 0 Å². The highest BCUT2D eigenvalue weighted by Crippen LogP contribution is 2.25. The van der Waals surface area contributed by atoms with Gasteiger partial charge in [0.15, 0.2) is 0 Å². The standard InChI is InChI=1S/C31H37Cl2N3O4S/c1-31(2,3)34-30(38)28(21-23-12-7-5-8-13-23)36(22-24-17-18-26(32)27(33)20-24)29(37)16-11-19-35(4)41(39,40)25-14-9-6-10-15-25/h5-10,12-15,17-18,20,28H,11,16,19,21-22H2,1-4H3,(H,34,38)/t28-/m1/s1. The van der Waals surface area contributed by atoms with Crippen LogP contribution in [0.25, 0.3) is 0 Å². The summed E-state index contributed by atoms with van der Waals surface area (Å²) >= 11 is 12.4. The van der Waals surface area contributed by atoms with Gasteiger partial charge in [-0.1, -0.05) is 77.8 Å². The summed E-state index contributed by atoms with van der Waals surface area (Å²) in [7, 11) is -2.19. The van der Waals surface area contributed by atoms with Crippen LogP contribution in [0.1, 0.15) is 44.7 Å². The Morgan fingerprint density at radius 1 is 0.878 bits per heavy atom. The molecule has 0 saturated carbocycles. The summed E-state index contributed by atoms with van der Waals surface area (Å²) in [6.45, 7) is 5.93. The van der Waals surface area contributed by atoms with Gasteiger partial charge < -0.3 is 10.2 Å². The zero-order valence-corrected chi connectivity index (χ0v) is 26.1. The van der Waals surface area contributed by atoms with Crippen molar-refractivity contribution in [1.82, 2.24) is 14.5 Å². The number of nitrogens with one attached hydrogen (secondary N) is 1. The van der Waals surface area contributed by atoms with Crippen LogP contribution in [0.15, 0.2) is 83.8 Å². The Balaban J connectivity index is 1.87. The van der Waals surface area contributed by atoms with Crippen molar-refractivity contribution in [2.24, 2.45) is 0 Å². The average molecular weight is 619 g/mol. The highest BCUT2D eigenvalue weighted by atomic mass is 35.5. The summed E-state index contributed by atoms with van der Waals surface area (Å²) in [5.41, 5.74) is 1.11. The molecule has 0 heterocycles. The summed E-state index contributed by atoms with van der Waals surface area (Å²) in [4.78, 5) is 29.2. The largest absolute Gasteiger partial charge is 0.350 e. The van der Waals surface area contributed by atoms with E-state index in [9.17, 15) is 18.0 Å². The number of rotatable bonds is 12. The molecule has 220 valence electrons. The molecule has 0 aliphatic heterocycles. The first-order valence-corrected chi connectivity index (χ1v) is 15.6. The van der Waals surface area contributed by atoms with Gasteiger partial charge in [-0.05, 0) is 62.6 Å². The van der Waals surface area contributed by atoms with E-state index >= 15 is 0 Å². The van der Waals surface area contributed by atoms with E-state index in [-0.39, 0.29) is 42.6 Å². The molecule has 0 saturated heterocycles. The highest BCUT2D eigenvalue weighted by Gasteiger charge is 2.32. The van der Waals surface area contributed by atoms with E-state index in [1.54, 1.807) is 41.3 Å². The van der Waals surface area contributed by atoms with Crippen molar-refractivity contribution < 1.29 is 18.0 Å². The number of sulfonamides is 1. The smallest absolute Gasteiger partial charge is 0.243 e. The third-order valence-electron chi connectivity index (χ3n) is 6.42. The molecule has 3 rings (SSSR count). The second-order valence-corrected chi connectivity index (χ2v) is 13.8. The summed E-state index contributed by atoms with van der Waals surface area (Å²) in [6.07, 6.45) is 0.625. The van der Waals surface area contributed by atoms with Crippen molar-refractivity contribution in [3.8, 4) is 0 Å². The molecule has 3 aromatic rings. The van der Waals surface area contributed by atoms with E-state index in [0.29, 0.717) is 16.5 Å². The van der Waals surface area contributed by atoms with Crippen molar-refractivity contribution >= 4 is 45.0 Å². The Morgan fingerprint density at radius 2 is 1.49 bits per heavy atom. The molecule has 0 radical (unpaired) electrons. The molecule has 0 unspecified atom stereocenters. The second kappa shape index (κ2) is 14.3. The molecule has 10 heteroatoms. The number of halogens is 2. The lowest BCUT2D eigenvalue weighted by molar-refractivity contribution is -0.142. The summed E-state index contributed by atoms with van der Waals surface area (Å²) < 4.78 is 27.1. The van der Waals surface area contributed by atoms with E-state index in [1.807, 2.05) is 51.1 Å². The number of carbonyl (C=O) groups excluding carboxylic acids is 2. The predicted molar refractivity (Wildman–Crippen MR) is 164 cm³/mol. The van der Waals surface area contributed by atoms with E-state index in [2.05, 4.69) is 5.32 Å². The zero-order valence-electron chi connectivity index (χ0n) is 23.8. The Bertz CT molecular complexity index is 1430. The van der Waals surface area contributed by atoms with E-state index in [4.69, 9.17) is 23.2 Å². The van der Waals surface area contributed by atoms with Crippen LogP contribution in [-0.2, 0) is 32.6 Å². The zero-order chi connectivity index (χ0) is 30.2. The molecule has 0 aliphatic carbocycles. The highest BCUT2D eigenvalue weighted by molar-refractivity contribution is 7.89. The molecule has 0 fully saturated rings. The van der Waals surface area contributed by atoms with Crippen LogP contribution in [-0.4, -0.2) is 54.6 Å². The quantitative estimate of drug-likeness (QED) is 0.272. The van der Waals surface area contributed by atoms with Crippen molar-refractivity contribution in [3.05, 3.63) is 100 Å². The normalized spacial score (nSPS) is 12.7. The van der Waals surface area contributed by atoms with Crippen molar-refractivity contribution in [2.45, 2.75) is 63.1 Å². The molecule has 0 aliphatic rings. The molecule has 2 amide bonds. The molecule has 0 spiro atoms. The SMILES string of the molecule is CN(CCCC(=O)N(Cc1ccc(Cl)c(Cl)c1)[C@H](Cc1ccccc1)C(=O)NC(C)(C)C)S(=O)(=O)c1ccccc1. The first-order valence-electron chi connectivity index (χ1n) is 13.4. The fourth-order valence-corrected chi connectivity index (χ4v) is 5.88. The van der Waals surface area contributed by atoms with Gasteiger partial charge in [-0.15, -0.1) is 0 Å². The molecule has 1 atom stereocenters. The van der Waals surface area contributed by atoms with Crippen LogP contribution in [0.2, 0.25) is 10.0 Å². The number of benzene rings is 3. The minimum atomic E-state index is -3.69. The first-order chi connectivity index (χ1) is 19.3. The van der Waals surface area contributed by atoms with Crippen LogP contribution in [0.3, 0.4) is 0 Å². The Kier molecular flexibility index (Phi) is 11.4. The van der Waals surface area contributed by atoms with E-state index in [0.717, 1.165) is 11.1 Å². The lowest BCUT2D eigenvalue weighted by atomic mass is 10.00. The molecule has 0 bridgehead atoms. The van der Waals surface area contributed by atoms with Gasteiger partial charge >= 0.3 is 0 Å². The molecular formula is C31H37Cl2N3O4S. The molecule has 1 N–H and O–H groups in total. The molecule has 41 heavy (non-hydrogen) atoms. The summed E-state index contributed by atoms with van der Waals surface area (Å²) in [5, 5.41) is 3.77. The maximum Gasteiger partial charge on any atom is 0.243 e. The van der Waals surface area contributed by atoms with Gasteiger partial charge in [0.25, 0.3) is 0 Å². The van der Waals surface area contributed by atoms with E-state index in [1.165, 1.54) is 23.5 Å². The van der Waals surface area contributed by atoms with Crippen LogP contribution >= 0.6 is 23.2 Å². The molecule has 0 aromatic heterocycles. The number of hydrogen-bond acceptors (Lipinski definition) is 4. The van der Waals surface area contributed by atoms with Gasteiger partial charge in [0.1, 0.15) is 6.04 Å². The van der Waals surface area contributed by atoms with E-state index < -0.39 is 21.6 Å². The second-order valence-electron chi connectivity index (χ2n) is 11.0. The van der Waals surface area contributed by atoms with Gasteiger partial charge in [-0.3, -0.25) is 9.59 Å². The number of carbonyl (C=O) groups is 2. The maximum absolute atomic E-state index is 13.8. The topological polar surface area (TPSA) is 86.8 Å². The minimum Gasteiger partial charge on any atom is -0.350 e.